The summed E-state index contributed by atoms with van der Waals surface area (Å²) in [4.78, 5) is 0. The van der Waals surface area contributed by atoms with Gasteiger partial charge in [-0.1, -0.05) is 0 Å². The molecule has 1 aromatic heterocycles. The molecule has 8 heteroatoms. The molecular formula is C10H16N2O4S2. The zero-order valence-corrected chi connectivity index (χ0v) is 11.4. The van der Waals surface area contributed by atoms with Gasteiger partial charge in [0.15, 0.2) is 0 Å². The Morgan fingerprint density at radius 1 is 1.39 bits per heavy atom. The highest BCUT2D eigenvalue weighted by atomic mass is 32.2. The normalized spacial score (nSPS) is 25.2. The van der Waals surface area contributed by atoms with Crippen LogP contribution < -0.4 is 10.5 Å². The van der Waals surface area contributed by atoms with E-state index < -0.39 is 20.8 Å². The molecule has 1 aliphatic rings. The van der Waals surface area contributed by atoms with E-state index in [0.29, 0.717) is 30.1 Å². The van der Waals surface area contributed by atoms with E-state index in [2.05, 4.69) is 4.72 Å². The fourth-order valence-electron chi connectivity index (χ4n) is 1.80. The number of hydrogen-bond donors (Lipinski definition) is 2. The second-order valence-electron chi connectivity index (χ2n) is 4.17. The Bertz CT molecular complexity index is 528. The molecule has 0 radical (unpaired) electrons. The molecule has 0 saturated carbocycles. The summed E-state index contributed by atoms with van der Waals surface area (Å²) in [6.07, 6.45) is 1.19. The van der Waals surface area contributed by atoms with E-state index in [9.17, 15) is 12.6 Å². The lowest BCUT2D eigenvalue weighted by Crippen LogP contribution is -2.39. The lowest BCUT2D eigenvalue weighted by molar-refractivity contribution is 0.408. The van der Waals surface area contributed by atoms with Crippen molar-refractivity contribution in [3.8, 4) is 0 Å². The quantitative estimate of drug-likeness (QED) is 0.808. The molecule has 1 aliphatic heterocycles. The smallest absolute Gasteiger partial charge is 0.274 e. The highest BCUT2D eigenvalue weighted by Crippen LogP contribution is 2.16. The number of nitrogens with one attached hydrogen (secondary N) is 1. The highest BCUT2D eigenvalue weighted by Gasteiger charge is 2.26. The van der Waals surface area contributed by atoms with Gasteiger partial charge in [0.25, 0.3) is 10.0 Å². The third-order valence-corrected chi connectivity index (χ3v) is 5.59. The molecule has 18 heavy (non-hydrogen) atoms. The van der Waals surface area contributed by atoms with Crippen LogP contribution in [0.5, 0.6) is 0 Å². The molecule has 0 spiro atoms. The van der Waals surface area contributed by atoms with Gasteiger partial charge >= 0.3 is 0 Å². The predicted molar refractivity (Wildman–Crippen MR) is 67.8 cm³/mol. The van der Waals surface area contributed by atoms with E-state index >= 15 is 0 Å². The van der Waals surface area contributed by atoms with Crippen molar-refractivity contribution in [2.45, 2.75) is 30.5 Å². The molecule has 1 fully saturated rings. The molecular weight excluding hydrogens is 276 g/mol. The monoisotopic (exact) mass is 292 g/mol. The largest absolute Gasteiger partial charge is 0.447 e. The first kappa shape index (κ1) is 13.7. The second-order valence-corrected chi connectivity index (χ2v) is 7.51. The van der Waals surface area contributed by atoms with Crippen molar-refractivity contribution >= 4 is 20.8 Å². The van der Waals surface area contributed by atoms with Crippen LogP contribution in [0.15, 0.2) is 21.6 Å². The van der Waals surface area contributed by atoms with Gasteiger partial charge in [0.2, 0.25) is 5.09 Å². The molecule has 0 atom stereocenters. The predicted octanol–water partition coefficient (Wildman–Crippen LogP) is -0.0723. The van der Waals surface area contributed by atoms with Crippen molar-refractivity contribution < 1.29 is 17.0 Å². The third-order valence-electron chi connectivity index (χ3n) is 2.81. The van der Waals surface area contributed by atoms with Crippen molar-refractivity contribution in [3.63, 3.8) is 0 Å². The minimum atomic E-state index is -3.64. The molecule has 1 saturated heterocycles. The van der Waals surface area contributed by atoms with Crippen LogP contribution >= 0.6 is 0 Å². The molecule has 0 aromatic carbocycles. The first-order valence-electron chi connectivity index (χ1n) is 5.67. The lowest BCUT2D eigenvalue weighted by Gasteiger charge is -2.21. The average molecular weight is 292 g/mol. The first-order chi connectivity index (χ1) is 8.51. The summed E-state index contributed by atoms with van der Waals surface area (Å²) in [5.74, 6) is 1.51. The molecule has 2 rings (SSSR count). The number of hydrogen-bond acceptors (Lipinski definition) is 5. The van der Waals surface area contributed by atoms with Gasteiger partial charge in [-0.05, 0) is 25.0 Å². The lowest BCUT2D eigenvalue weighted by atomic mass is 10.2. The van der Waals surface area contributed by atoms with Crippen molar-refractivity contribution in [3.05, 3.63) is 17.9 Å². The zero-order chi connectivity index (χ0) is 13.2. The highest BCUT2D eigenvalue weighted by molar-refractivity contribution is 7.89. The first-order valence-corrected chi connectivity index (χ1v) is 8.64. The van der Waals surface area contributed by atoms with E-state index in [1.54, 1.807) is 6.07 Å². The Morgan fingerprint density at radius 3 is 2.61 bits per heavy atom. The van der Waals surface area contributed by atoms with Gasteiger partial charge in [0.05, 0.1) is 6.54 Å². The maximum atomic E-state index is 12.0. The molecule has 0 aliphatic carbocycles. The second kappa shape index (κ2) is 5.52. The number of sulfonamides is 1. The molecule has 2 heterocycles. The maximum absolute atomic E-state index is 12.0. The molecule has 102 valence electrons. The van der Waals surface area contributed by atoms with E-state index in [0.717, 1.165) is 0 Å². The van der Waals surface area contributed by atoms with Gasteiger partial charge in [0, 0.05) is 28.3 Å². The molecule has 6 nitrogen and oxygen atoms in total. The van der Waals surface area contributed by atoms with Crippen molar-refractivity contribution in [1.82, 2.24) is 4.72 Å². The van der Waals surface area contributed by atoms with Crippen molar-refractivity contribution in [1.29, 1.82) is 0 Å². The minimum Gasteiger partial charge on any atom is -0.447 e. The fraction of sp³-hybridized carbons (Fsp3) is 0.600. The standard InChI is InChI=1S/C10H16N2O4S2/c11-7-9-1-2-10(16-9)18(14,15)12-8-3-5-17(13)6-4-8/h1-2,8,12H,3-7,11H2. The summed E-state index contributed by atoms with van der Waals surface area (Å²) in [5, 5.41) is -0.116. The van der Waals surface area contributed by atoms with E-state index in [-0.39, 0.29) is 17.7 Å². The zero-order valence-electron chi connectivity index (χ0n) is 9.79. The van der Waals surface area contributed by atoms with Crippen LogP contribution in [0.1, 0.15) is 18.6 Å². The van der Waals surface area contributed by atoms with Gasteiger partial charge < -0.3 is 10.2 Å². The van der Waals surface area contributed by atoms with Gasteiger partial charge in [-0.25, -0.2) is 13.1 Å². The summed E-state index contributed by atoms with van der Waals surface area (Å²) in [7, 11) is -4.44. The Kier molecular flexibility index (Phi) is 4.21. The summed E-state index contributed by atoms with van der Waals surface area (Å²) in [6.45, 7) is 0.165. The molecule has 3 N–H and O–H groups in total. The Morgan fingerprint density at radius 2 is 2.06 bits per heavy atom. The SMILES string of the molecule is NCc1ccc(S(=O)(=O)NC2CCS(=O)CC2)o1. The molecule has 0 amide bonds. The van der Waals surface area contributed by atoms with Crippen LogP contribution in [0.3, 0.4) is 0 Å². The maximum Gasteiger partial charge on any atom is 0.274 e. The fourth-order valence-corrected chi connectivity index (χ4v) is 4.36. The summed E-state index contributed by atoms with van der Waals surface area (Å²) < 4.78 is 42.9. The summed E-state index contributed by atoms with van der Waals surface area (Å²) in [6, 6.07) is 2.77. The molecule has 1 aromatic rings. The average Bonchev–Trinajstić information content (AvgIpc) is 2.81. The van der Waals surface area contributed by atoms with Crippen LogP contribution in [0, 0.1) is 0 Å². The van der Waals surface area contributed by atoms with Crippen LogP contribution in [0.2, 0.25) is 0 Å². The van der Waals surface area contributed by atoms with Crippen molar-refractivity contribution in [2.75, 3.05) is 11.5 Å². The molecule has 0 unspecified atom stereocenters. The topological polar surface area (TPSA) is 102 Å². The summed E-state index contributed by atoms with van der Waals surface area (Å²) >= 11 is 0. The van der Waals surface area contributed by atoms with Crippen molar-refractivity contribution in [2.24, 2.45) is 5.73 Å². The minimum absolute atomic E-state index is 0.116. The van der Waals surface area contributed by atoms with E-state index in [1.165, 1.54) is 6.07 Å². The Balaban J connectivity index is 2.05. The number of rotatable bonds is 4. The van der Waals surface area contributed by atoms with Gasteiger partial charge in [-0.2, -0.15) is 0 Å². The van der Waals surface area contributed by atoms with Crippen LogP contribution in [0.25, 0.3) is 0 Å². The number of furan rings is 1. The van der Waals surface area contributed by atoms with Crippen LogP contribution in [0.4, 0.5) is 0 Å². The Hall–Kier alpha value is -0.700. The Labute approximate surface area is 108 Å². The molecule has 0 bridgehead atoms. The van der Waals surface area contributed by atoms with E-state index in [4.69, 9.17) is 10.2 Å². The van der Waals surface area contributed by atoms with Gasteiger partial charge in [-0.15, -0.1) is 0 Å². The van der Waals surface area contributed by atoms with E-state index in [1.807, 2.05) is 0 Å². The third kappa shape index (κ3) is 3.19. The summed E-state index contributed by atoms with van der Waals surface area (Å²) in [5.41, 5.74) is 5.36. The van der Waals surface area contributed by atoms with Crippen LogP contribution in [-0.4, -0.2) is 30.2 Å². The van der Waals surface area contributed by atoms with Gasteiger partial charge in [0.1, 0.15) is 5.76 Å². The van der Waals surface area contributed by atoms with Gasteiger partial charge in [-0.3, -0.25) is 4.21 Å². The van der Waals surface area contributed by atoms with Crippen LogP contribution in [-0.2, 0) is 27.4 Å². The number of nitrogens with two attached hydrogens (primary N) is 1.